The van der Waals surface area contributed by atoms with Crippen molar-refractivity contribution in [3.05, 3.63) is 47.2 Å². The van der Waals surface area contributed by atoms with Crippen LogP contribution in [0, 0.1) is 5.92 Å². The van der Waals surface area contributed by atoms with Gasteiger partial charge in [-0.2, -0.15) is 5.10 Å². The quantitative estimate of drug-likeness (QED) is 0.893. The van der Waals surface area contributed by atoms with E-state index in [1.807, 2.05) is 24.3 Å². The number of nitrogens with zero attached hydrogens (tertiary/aromatic N) is 1. The Balaban J connectivity index is 1.65. The van der Waals surface area contributed by atoms with Gasteiger partial charge >= 0.3 is 0 Å². The maximum atomic E-state index is 12.0. The number of halogens is 1. The normalized spacial score (nSPS) is 21.6. The second-order valence-corrected chi connectivity index (χ2v) is 4.92. The van der Waals surface area contributed by atoms with Gasteiger partial charge in [-0.3, -0.25) is 9.89 Å². The highest BCUT2D eigenvalue weighted by molar-refractivity contribution is 6.30. The first kappa shape index (κ1) is 11.3. The Morgan fingerprint density at radius 1 is 1.50 bits per heavy atom. The molecule has 3 rings (SSSR count). The van der Waals surface area contributed by atoms with E-state index in [1.54, 1.807) is 12.4 Å². The third-order valence-corrected chi connectivity index (χ3v) is 3.40. The fourth-order valence-corrected chi connectivity index (χ4v) is 2.34. The number of amides is 1. The van der Waals surface area contributed by atoms with E-state index in [4.69, 9.17) is 11.6 Å². The van der Waals surface area contributed by atoms with Crippen molar-refractivity contribution in [2.45, 2.75) is 12.3 Å². The van der Waals surface area contributed by atoms with Gasteiger partial charge in [0, 0.05) is 17.1 Å². The number of nitrogens with one attached hydrogen (secondary N) is 2. The Bertz CT molecular complexity index is 567. The van der Waals surface area contributed by atoms with Crippen LogP contribution in [0.5, 0.6) is 0 Å². The Labute approximate surface area is 109 Å². The monoisotopic (exact) mass is 261 g/mol. The van der Waals surface area contributed by atoms with Crippen LogP contribution in [0.15, 0.2) is 36.7 Å². The standard InChI is InChI=1S/C13H12ClN3O/c14-9-3-1-2-8(4-9)11-5-12(11)13(18)17-10-6-15-16-7-10/h1-4,6-7,11-12H,5H2,(H,15,16)(H,17,18)/t11-,12+/m0/s1. The van der Waals surface area contributed by atoms with Crippen molar-refractivity contribution in [2.75, 3.05) is 5.32 Å². The number of carbonyl (C=O) groups is 1. The number of anilines is 1. The van der Waals surface area contributed by atoms with Crippen molar-refractivity contribution in [3.63, 3.8) is 0 Å². The van der Waals surface area contributed by atoms with Gasteiger partial charge in [0.15, 0.2) is 0 Å². The van der Waals surface area contributed by atoms with Gasteiger partial charge in [0.2, 0.25) is 5.91 Å². The zero-order valence-corrected chi connectivity index (χ0v) is 10.3. The number of carbonyl (C=O) groups excluding carboxylic acids is 1. The van der Waals surface area contributed by atoms with Gasteiger partial charge in [0.1, 0.15) is 0 Å². The third-order valence-electron chi connectivity index (χ3n) is 3.17. The molecule has 1 heterocycles. The largest absolute Gasteiger partial charge is 0.323 e. The molecule has 1 aromatic carbocycles. The summed E-state index contributed by atoms with van der Waals surface area (Å²) in [4.78, 5) is 12.0. The zero-order valence-electron chi connectivity index (χ0n) is 9.56. The van der Waals surface area contributed by atoms with Crippen molar-refractivity contribution in [1.82, 2.24) is 10.2 Å². The molecular weight excluding hydrogens is 250 g/mol. The summed E-state index contributed by atoms with van der Waals surface area (Å²) in [6.07, 6.45) is 4.13. The van der Waals surface area contributed by atoms with Gasteiger partial charge in [0.25, 0.3) is 0 Å². The second-order valence-electron chi connectivity index (χ2n) is 4.48. The predicted molar refractivity (Wildman–Crippen MR) is 69.5 cm³/mol. The van der Waals surface area contributed by atoms with Crippen molar-refractivity contribution in [2.24, 2.45) is 5.92 Å². The SMILES string of the molecule is O=C(Nc1cn[nH]c1)[C@@H]1C[C@H]1c1cccc(Cl)c1. The highest BCUT2D eigenvalue weighted by Crippen LogP contribution is 2.48. The van der Waals surface area contributed by atoms with Gasteiger partial charge in [-0.1, -0.05) is 23.7 Å². The molecule has 2 N–H and O–H groups in total. The molecule has 0 spiro atoms. The summed E-state index contributed by atoms with van der Waals surface area (Å²) in [5.41, 5.74) is 1.84. The molecule has 1 aromatic heterocycles. The number of H-pyrrole nitrogens is 1. The number of rotatable bonds is 3. The molecule has 1 fully saturated rings. The smallest absolute Gasteiger partial charge is 0.228 e. The zero-order chi connectivity index (χ0) is 12.5. The molecule has 18 heavy (non-hydrogen) atoms. The second kappa shape index (κ2) is 4.46. The van der Waals surface area contributed by atoms with Gasteiger partial charge in [0.05, 0.1) is 11.9 Å². The van der Waals surface area contributed by atoms with Crippen molar-refractivity contribution < 1.29 is 4.79 Å². The molecule has 2 aromatic rings. The van der Waals surface area contributed by atoms with Crippen molar-refractivity contribution in [1.29, 1.82) is 0 Å². The number of benzene rings is 1. The molecule has 1 amide bonds. The van der Waals surface area contributed by atoms with Crippen LogP contribution < -0.4 is 5.32 Å². The van der Waals surface area contributed by atoms with Crippen LogP contribution in [0.4, 0.5) is 5.69 Å². The first-order valence-electron chi connectivity index (χ1n) is 5.79. The fraction of sp³-hybridized carbons (Fsp3) is 0.231. The molecule has 0 unspecified atom stereocenters. The van der Waals surface area contributed by atoms with Crippen LogP contribution in [0.2, 0.25) is 5.02 Å². The first-order chi connectivity index (χ1) is 8.74. The molecule has 0 aliphatic heterocycles. The van der Waals surface area contributed by atoms with Gasteiger partial charge in [-0.05, 0) is 30.0 Å². The molecule has 1 aliphatic carbocycles. The lowest BCUT2D eigenvalue weighted by Gasteiger charge is -2.02. The molecule has 0 saturated heterocycles. The molecule has 92 valence electrons. The molecule has 1 saturated carbocycles. The maximum absolute atomic E-state index is 12.0. The molecular formula is C13H12ClN3O. The minimum atomic E-state index is 0.0402. The Morgan fingerprint density at radius 3 is 3.11 bits per heavy atom. The van der Waals surface area contributed by atoms with Crippen LogP contribution >= 0.6 is 11.6 Å². The summed E-state index contributed by atoms with van der Waals surface area (Å²) >= 11 is 5.95. The van der Waals surface area contributed by atoms with Crippen LogP contribution in [-0.2, 0) is 4.79 Å². The van der Waals surface area contributed by atoms with Gasteiger partial charge < -0.3 is 5.32 Å². The lowest BCUT2D eigenvalue weighted by Crippen LogP contribution is -2.14. The van der Waals surface area contributed by atoms with E-state index in [1.165, 1.54) is 0 Å². The van der Waals surface area contributed by atoms with E-state index >= 15 is 0 Å². The fourth-order valence-electron chi connectivity index (χ4n) is 2.14. The minimum absolute atomic E-state index is 0.0402. The van der Waals surface area contributed by atoms with E-state index in [0.717, 1.165) is 12.0 Å². The van der Waals surface area contributed by atoms with Gasteiger partial charge in [-0.15, -0.1) is 0 Å². The highest BCUT2D eigenvalue weighted by Gasteiger charge is 2.43. The van der Waals surface area contributed by atoms with E-state index in [0.29, 0.717) is 10.7 Å². The van der Waals surface area contributed by atoms with Gasteiger partial charge in [-0.25, -0.2) is 0 Å². The highest BCUT2D eigenvalue weighted by atomic mass is 35.5. The lowest BCUT2D eigenvalue weighted by atomic mass is 10.1. The Morgan fingerprint density at radius 2 is 2.39 bits per heavy atom. The van der Waals surface area contributed by atoms with Crippen molar-refractivity contribution in [3.8, 4) is 0 Å². The molecule has 4 nitrogen and oxygen atoms in total. The van der Waals surface area contributed by atoms with E-state index in [9.17, 15) is 4.79 Å². The third kappa shape index (κ3) is 2.24. The van der Waals surface area contributed by atoms with Crippen LogP contribution in [0.1, 0.15) is 17.9 Å². The van der Waals surface area contributed by atoms with Crippen LogP contribution in [-0.4, -0.2) is 16.1 Å². The maximum Gasteiger partial charge on any atom is 0.228 e. The number of aromatic nitrogens is 2. The number of hydrogen-bond acceptors (Lipinski definition) is 2. The number of aromatic amines is 1. The Hall–Kier alpha value is -1.81. The molecule has 5 heteroatoms. The summed E-state index contributed by atoms with van der Waals surface area (Å²) < 4.78 is 0. The minimum Gasteiger partial charge on any atom is -0.323 e. The van der Waals surface area contributed by atoms with Crippen LogP contribution in [0.25, 0.3) is 0 Å². The number of hydrogen-bond donors (Lipinski definition) is 2. The summed E-state index contributed by atoms with van der Waals surface area (Å²) in [6, 6.07) is 7.70. The Kier molecular flexibility index (Phi) is 2.80. The van der Waals surface area contributed by atoms with Crippen LogP contribution in [0.3, 0.4) is 0 Å². The first-order valence-corrected chi connectivity index (χ1v) is 6.17. The summed E-state index contributed by atoms with van der Waals surface area (Å²) in [5.74, 6) is 0.371. The van der Waals surface area contributed by atoms with E-state index in [-0.39, 0.29) is 17.7 Å². The molecule has 0 radical (unpaired) electrons. The average molecular weight is 262 g/mol. The average Bonchev–Trinajstić information content (AvgIpc) is 3.01. The lowest BCUT2D eigenvalue weighted by molar-refractivity contribution is -0.117. The van der Waals surface area contributed by atoms with E-state index in [2.05, 4.69) is 15.5 Å². The van der Waals surface area contributed by atoms with E-state index < -0.39 is 0 Å². The molecule has 0 bridgehead atoms. The predicted octanol–water partition coefficient (Wildman–Crippen LogP) is 2.81. The molecule has 1 aliphatic rings. The summed E-state index contributed by atoms with van der Waals surface area (Å²) in [7, 11) is 0. The van der Waals surface area contributed by atoms with Crippen molar-refractivity contribution >= 4 is 23.2 Å². The summed E-state index contributed by atoms with van der Waals surface area (Å²) in [5, 5.41) is 10.00. The molecule has 2 atom stereocenters. The topological polar surface area (TPSA) is 57.8 Å². The summed E-state index contributed by atoms with van der Waals surface area (Å²) in [6.45, 7) is 0.